The van der Waals surface area contributed by atoms with E-state index in [2.05, 4.69) is 32.0 Å². The van der Waals surface area contributed by atoms with Crippen molar-refractivity contribution in [3.63, 3.8) is 0 Å². The maximum absolute atomic E-state index is 6.03. The molecule has 1 heterocycles. The number of rotatable bonds is 0. The predicted molar refractivity (Wildman–Crippen MR) is 141 cm³/mol. The van der Waals surface area contributed by atoms with Crippen molar-refractivity contribution in [2.75, 3.05) is 0 Å². The summed E-state index contributed by atoms with van der Waals surface area (Å²) in [6.07, 6.45) is 0. The van der Waals surface area contributed by atoms with E-state index in [1.807, 2.05) is 97.1 Å². The van der Waals surface area contributed by atoms with E-state index < -0.39 is 0 Å². The number of benzene rings is 4. The van der Waals surface area contributed by atoms with Crippen LogP contribution in [-0.2, 0) is 35.9 Å². The van der Waals surface area contributed by atoms with Crippen LogP contribution in [-0.4, -0.2) is 12.0 Å². The highest BCUT2D eigenvalue weighted by molar-refractivity contribution is 5.62. The number of nitrogens with zero attached hydrogens (tertiary/aromatic N) is 4. The smallest absolute Gasteiger partial charge is 0.101 e. The second-order valence-electron chi connectivity index (χ2n) is 8.15. The molecule has 0 atom stereocenters. The second-order valence-corrected chi connectivity index (χ2v) is 8.15. The van der Waals surface area contributed by atoms with Crippen molar-refractivity contribution in [2.45, 2.75) is 26.4 Å². The Labute approximate surface area is 210 Å². The second kappa shape index (κ2) is 11.8. The lowest BCUT2D eigenvalue weighted by Crippen LogP contribution is -1.95. The number of hydrogen-bond donors (Lipinski definition) is 0. The third kappa shape index (κ3) is 5.97. The van der Waals surface area contributed by atoms with E-state index in [0.29, 0.717) is 26.4 Å². The molecule has 0 fully saturated rings. The highest BCUT2D eigenvalue weighted by atomic mass is 16.5. The zero-order chi connectivity index (χ0) is 24.4. The summed E-state index contributed by atoms with van der Waals surface area (Å²) in [7, 11) is 0. The lowest BCUT2D eigenvalue weighted by molar-refractivity contribution is 0.108. The molecule has 0 bridgehead atoms. The normalized spacial score (nSPS) is 13.8. The maximum atomic E-state index is 6.03. The van der Waals surface area contributed by atoms with Crippen molar-refractivity contribution in [3.05, 3.63) is 119 Å². The van der Waals surface area contributed by atoms with Crippen LogP contribution in [0, 0.1) is 0 Å². The molecule has 176 valence electrons. The van der Waals surface area contributed by atoms with Crippen LogP contribution in [0.3, 0.4) is 0 Å². The molecule has 4 aromatic rings. The van der Waals surface area contributed by atoms with Crippen molar-refractivity contribution in [1.29, 1.82) is 0 Å². The van der Waals surface area contributed by atoms with Gasteiger partial charge < -0.3 is 9.47 Å². The van der Waals surface area contributed by atoms with Crippen molar-refractivity contribution in [1.82, 2.24) is 0 Å². The molecule has 6 heteroatoms. The van der Waals surface area contributed by atoms with E-state index in [9.17, 15) is 0 Å². The molecule has 0 saturated carbocycles. The number of ether oxygens (including phenoxy) is 2. The van der Waals surface area contributed by atoms with Gasteiger partial charge in [-0.1, -0.05) is 72.8 Å². The van der Waals surface area contributed by atoms with Crippen molar-refractivity contribution in [3.8, 4) is 0 Å². The SMILES string of the molecule is C1=Nc2ccccc2COCc2ccccc2N=C=Nc2ccccc2COCc2ccccc2N=1. The molecule has 0 aliphatic carbocycles. The van der Waals surface area contributed by atoms with Crippen LogP contribution in [0.1, 0.15) is 22.3 Å². The molecule has 0 saturated heterocycles. The van der Waals surface area contributed by atoms with Crippen LogP contribution in [0.2, 0.25) is 0 Å². The van der Waals surface area contributed by atoms with E-state index >= 15 is 0 Å². The molecular formula is C30H24N4O2. The summed E-state index contributed by atoms with van der Waals surface area (Å²) in [5.41, 5.74) is 6.85. The first kappa shape index (κ1) is 23.3. The van der Waals surface area contributed by atoms with Gasteiger partial charge in [0.2, 0.25) is 0 Å². The van der Waals surface area contributed by atoms with E-state index in [1.54, 1.807) is 0 Å². The van der Waals surface area contributed by atoms with Crippen LogP contribution >= 0.6 is 0 Å². The van der Waals surface area contributed by atoms with Crippen molar-refractivity contribution >= 4 is 34.8 Å². The van der Waals surface area contributed by atoms with Crippen LogP contribution in [0.15, 0.2) is 117 Å². The van der Waals surface area contributed by atoms with Gasteiger partial charge in [0.15, 0.2) is 0 Å². The maximum Gasteiger partial charge on any atom is 0.101 e. The fourth-order valence-corrected chi connectivity index (χ4v) is 3.78. The fourth-order valence-electron chi connectivity index (χ4n) is 3.78. The first-order valence-electron chi connectivity index (χ1n) is 11.7. The van der Waals surface area contributed by atoms with Gasteiger partial charge in [-0.2, -0.15) is 20.0 Å². The van der Waals surface area contributed by atoms with Gasteiger partial charge in [-0.3, -0.25) is 0 Å². The van der Waals surface area contributed by atoms with Crippen LogP contribution in [0.5, 0.6) is 0 Å². The van der Waals surface area contributed by atoms with E-state index in [1.165, 1.54) is 0 Å². The Morgan fingerprint density at radius 3 is 0.917 bits per heavy atom. The summed E-state index contributed by atoms with van der Waals surface area (Å²) in [5.74, 6) is 0. The minimum Gasteiger partial charge on any atom is -0.372 e. The predicted octanol–water partition coefficient (Wildman–Crippen LogP) is 7.71. The van der Waals surface area contributed by atoms with Gasteiger partial charge in [0.05, 0.1) is 49.2 Å². The molecule has 4 aromatic carbocycles. The van der Waals surface area contributed by atoms with Crippen molar-refractivity contribution < 1.29 is 9.47 Å². The summed E-state index contributed by atoms with van der Waals surface area (Å²) in [4.78, 5) is 17.9. The third-order valence-electron chi connectivity index (χ3n) is 5.68. The van der Waals surface area contributed by atoms with Crippen LogP contribution < -0.4 is 0 Å². The Morgan fingerprint density at radius 1 is 0.389 bits per heavy atom. The Hall–Kier alpha value is -4.44. The topological polar surface area (TPSA) is 67.9 Å². The summed E-state index contributed by atoms with van der Waals surface area (Å²) in [5, 5.41) is 0. The minimum atomic E-state index is 0.394. The van der Waals surface area contributed by atoms with Gasteiger partial charge in [0.1, 0.15) is 12.0 Å². The van der Waals surface area contributed by atoms with Crippen LogP contribution in [0.4, 0.5) is 22.7 Å². The van der Waals surface area contributed by atoms with E-state index in [0.717, 1.165) is 45.0 Å². The molecule has 1 aliphatic heterocycles. The monoisotopic (exact) mass is 472 g/mol. The highest BCUT2D eigenvalue weighted by Gasteiger charge is 2.06. The summed E-state index contributed by atoms with van der Waals surface area (Å²) in [6, 6.07) is 37.0. The van der Waals surface area contributed by atoms with E-state index in [4.69, 9.17) is 9.47 Å². The average molecular weight is 473 g/mol. The minimum absolute atomic E-state index is 0.394. The first-order valence-corrected chi connectivity index (χ1v) is 11.7. The molecular weight excluding hydrogens is 448 g/mol. The number of aliphatic imine (C=N–C) groups is 4. The largest absolute Gasteiger partial charge is 0.372 e. The standard InChI is InChI=1S/C30H24N4O2/c1-5-13-27-23(9-1)17-35-18-24-10-2-6-14-28(24)33-22-34-30-16-8-4-12-26(30)20-36-19-25-11-3-7-15-29(25)32-21-31-27/h1-16H,17-20H2. The Kier molecular flexibility index (Phi) is 7.64. The van der Waals surface area contributed by atoms with E-state index in [-0.39, 0.29) is 0 Å². The summed E-state index contributed by atoms with van der Waals surface area (Å²) in [6.45, 7) is 1.58. The van der Waals surface area contributed by atoms with Gasteiger partial charge >= 0.3 is 0 Å². The Bertz CT molecular complexity index is 1270. The number of hydrogen-bond acceptors (Lipinski definition) is 6. The fraction of sp³-hybridized carbons (Fsp3) is 0.133. The van der Waals surface area contributed by atoms with Gasteiger partial charge in [-0.15, -0.1) is 0 Å². The third-order valence-corrected chi connectivity index (χ3v) is 5.68. The molecule has 5 rings (SSSR count). The lowest BCUT2D eigenvalue weighted by Gasteiger charge is -2.09. The first-order chi connectivity index (χ1) is 17.9. The Morgan fingerprint density at radius 2 is 0.639 bits per heavy atom. The van der Waals surface area contributed by atoms with Gasteiger partial charge in [-0.05, 0) is 24.3 Å². The zero-order valence-corrected chi connectivity index (χ0v) is 19.7. The molecule has 36 heavy (non-hydrogen) atoms. The highest BCUT2D eigenvalue weighted by Crippen LogP contribution is 2.25. The molecule has 0 radical (unpaired) electrons. The number of para-hydroxylation sites is 4. The Balaban J connectivity index is 1.51. The molecule has 1 aliphatic rings. The van der Waals surface area contributed by atoms with Crippen LogP contribution in [0.25, 0.3) is 0 Å². The quantitative estimate of drug-likeness (QED) is 0.263. The van der Waals surface area contributed by atoms with Gasteiger partial charge in [0.25, 0.3) is 0 Å². The van der Waals surface area contributed by atoms with Gasteiger partial charge in [0, 0.05) is 22.3 Å². The number of fused-ring (bicyclic) bond motifs is 4. The molecule has 6 nitrogen and oxygen atoms in total. The zero-order valence-electron chi connectivity index (χ0n) is 19.7. The molecule has 0 unspecified atom stereocenters. The summed E-state index contributed by atoms with van der Waals surface area (Å²) < 4.78 is 12.1. The van der Waals surface area contributed by atoms with Crippen molar-refractivity contribution in [2.24, 2.45) is 20.0 Å². The summed E-state index contributed by atoms with van der Waals surface area (Å²) >= 11 is 0. The lowest BCUT2D eigenvalue weighted by atomic mass is 10.2. The van der Waals surface area contributed by atoms with Gasteiger partial charge in [-0.25, -0.2) is 0 Å². The molecule has 0 aromatic heterocycles. The molecule has 0 spiro atoms. The molecule has 0 amide bonds. The molecule has 0 N–H and O–H groups in total. The average Bonchev–Trinajstić information content (AvgIpc) is 2.91.